The zero-order valence-corrected chi connectivity index (χ0v) is 11.3. The maximum atomic E-state index is 5.99. The molecule has 0 bridgehead atoms. The number of halogens is 1. The maximum Gasteiger partial charge on any atom is 0.0738 e. The first-order valence-electron chi connectivity index (χ1n) is 6.28. The third-order valence-electron chi connectivity index (χ3n) is 3.30. The number of anilines is 1. The predicted molar refractivity (Wildman–Crippen MR) is 77.7 cm³/mol. The first-order valence-corrected chi connectivity index (χ1v) is 6.66. The van der Waals surface area contributed by atoms with E-state index in [-0.39, 0.29) is 0 Å². The van der Waals surface area contributed by atoms with E-state index < -0.39 is 0 Å². The van der Waals surface area contributed by atoms with Crippen LogP contribution < -0.4 is 11.3 Å². The van der Waals surface area contributed by atoms with Gasteiger partial charge in [-0.05, 0) is 24.3 Å². The standard InChI is InChI=1S/C13H16ClN5/c14-10-1-2-11-12(3-4-16-13(11)9-10)17-19-7-5-18(15)6-8-19/h1-4,9H,5-8,15H2,(H,16,17). The van der Waals surface area contributed by atoms with Crippen LogP contribution in [-0.4, -0.2) is 41.2 Å². The monoisotopic (exact) mass is 277 g/mol. The van der Waals surface area contributed by atoms with E-state index in [9.17, 15) is 0 Å². The van der Waals surface area contributed by atoms with E-state index in [0.717, 1.165) is 42.8 Å². The fraction of sp³-hybridized carbons (Fsp3) is 0.308. The fourth-order valence-electron chi connectivity index (χ4n) is 2.22. The molecule has 0 aliphatic carbocycles. The van der Waals surface area contributed by atoms with Crippen molar-refractivity contribution < 1.29 is 0 Å². The molecule has 0 unspecified atom stereocenters. The molecule has 0 spiro atoms. The molecule has 0 radical (unpaired) electrons. The van der Waals surface area contributed by atoms with Gasteiger partial charge in [0.05, 0.1) is 11.2 Å². The molecule has 5 nitrogen and oxygen atoms in total. The molecular formula is C13H16ClN5. The van der Waals surface area contributed by atoms with Gasteiger partial charge in [-0.1, -0.05) is 11.6 Å². The molecule has 1 saturated heterocycles. The highest BCUT2D eigenvalue weighted by atomic mass is 35.5. The SMILES string of the molecule is NN1CCN(Nc2ccnc3cc(Cl)ccc23)CC1. The number of nitrogens with two attached hydrogens (primary N) is 1. The number of hydrazine groups is 2. The van der Waals surface area contributed by atoms with Gasteiger partial charge in [-0.3, -0.25) is 10.8 Å². The van der Waals surface area contributed by atoms with Crippen molar-refractivity contribution >= 4 is 28.2 Å². The van der Waals surface area contributed by atoms with Crippen molar-refractivity contribution in [2.45, 2.75) is 0 Å². The minimum atomic E-state index is 0.703. The van der Waals surface area contributed by atoms with Gasteiger partial charge in [0.15, 0.2) is 0 Å². The molecule has 0 atom stereocenters. The minimum Gasteiger partial charge on any atom is -0.318 e. The Bertz CT molecular complexity index is 580. The number of fused-ring (bicyclic) bond motifs is 1. The van der Waals surface area contributed by atoms with E-state index in [1.54, 1.807) is 6.20 Å². The summed E-state index contributed by atoms with van der Waals surface area (Å²) in [5.74, 6) is 5.75. The average molecular weight is 278 g/mol. The zero-order valence-electron chi connectivity index (χ0n) is 10.5. The number of rotatable bonds is 2. The lowest BCUT2D eigenvalue weighted by Gasteiger charge is -2.32. The first-order chi connectivity index (χ1) is 9.22. The molecule has 100 valence electrons. The van der Waals surface area contributed by atoms with Crippen LogP contribution in [0.15, 0.2) is 30.5 Å². The smallest absolute Gasteiger partial charge is 0.0738 e. The van der Waals surface area contributed by atoms with Gasteiger partial charge in [-0.25, -0.2) is 10.0 Å². The van der Waals surface area contributed by atoms with Crippen LogP contribution in [0, 0.1) is 0 Å². The lowest BCUT2D eigenvalue weighted by molar-refractivity contribution is 0.155. The Morgan fingerprint density at radius 1 is 1.16 bits per heavy atom. The Kier molecular flexibility index (Phi) is 3.52. The Morgan fingerprint density at radius 2 is 1.95 bits per heavy atom. The minimum absolute atomic E-state index is 0.703. The van der Waals surface area contributed by atoms with Gasteiger partial charge < -0.3 is 5.43 Å². The van der Waals surface area contributed by atoms with E-state index in [0.29, 0.717) is 5.02 Å². The van der Waals surface area contributed by atoms with E-state index in [1.165, 1.54) is 0 Å². The normalized spacial score (nSPS) is 17.8. The van der Waals surface area contributed by atoms with Crippen molar-refractivity contribution in [1.82, 2.24) is 15.0 Å². The number of hydrogen-bond acceptors (Lipinski definition) is 5. The number of aromatic nitrogens is 1. The van der Waals surface area contributed by atoms with Gasteiger partial charge in [-0.15, -0.1) is 0 Å². The number of hydrogen-bond donors (Lipinski definition) is 2. The molecule has 3 N–H and O–H groups in total. The fourth-order valence-corrected chi connectivity index (χ4v) is 2.39. The molecule has 19 heavy (non-hydrogen) atoms. The molecule has 1 aromatic heterocycles. The molecule has 0 amide bonds. The summed E-state index contributed by atoms with van der Waals surface area (Å²) < 4.78 is 0. The largest absolute Gasteiger partial charge is 0.318 e. The quantitative estimate of drug-likeness (QED) is 0.819. The van der Waals surface area contributed by atoms with E-state index in [2.05, 4.69) is 15.4 Å². The lowest BCUT2D eigenvalue weighted by Crippen LogP contribution is -2.51. The van der Waals surface area contributed by atoms with Crippen molar-refractivity contribution in [1.29, 1.82) is 0 Å². The van der Waals surface area contributed by atoms with Crippen molar-refractivity contribution in [2.24, 2.45) is 5.84 Å². The topological polar surface area (TPSA) is 57.4 Å². The van der Waals surface area contributed by atoms with E-state index >= 15 is 0 Å². The number of piperazine rings is 1. The molecule has 1 aliphatic heterocycles. The predicted octanol–water partition coefficient (Wildman–Crippen LogP) is 1.71. The van der Waals surface area contributed by atoms with Crippen LogP contribution in [0.2, 0.25) is 5.02 Å². The molecule has 1 fully saturated rings. The Morgan fingerprint density at radius 3 is 2.74 bits per heavy atom. The molecule has 6 heteroatoms. The van der Waals surface area contributed by atoms with Gasteiger partial charge in [-0.2, -0.15) is 0 Å². The number of nitrogens with zero attached hydrogens (tertiary/aromatic N) is 3. The van der Waals surface area contributed by atoms with E-state index in [1.807, 2.05) is 29.3 Å². The highest BCUT2D eigenvalue weighted by Crippen LogP contribution is 2.24. The van der Waals surface area contributed by atoms with Gasteiger partial charge in [0, 0.05) is 42.8 Å². The van der Waals surface area contributed by atoms with Crippen molar-refractivity contribution in [3.05, 3.63) is 35.5 Å². The van der Waals surface area contributed by atoms with Gasteiger partial charge in [0.25, 0.3) is 0 Å². The third-order valence-corrected chi connectivity index (χ3v) is 3.53. The third kappa shape index (κ3) is 2.79. The first kappa shape index (κ1) is 12.6. The van der Waals surface area contributed by atoms with Crippen molar-refractivity contribution in [3.8, 4) is 0 Å². The molecule has 0 saturated carbocycles. The second-order valence-electron chi connectivity index (χ2n) is 4.65. The Balaban J connectivity index is 1.84. The molecule has 1 aromatic carbocycles. The highest BCUT2D eigenvalue weighted by molar-refractivity contribution is 6.31. The van der Waals surface area contributed by atoms with Crippen molar-refractivity contribution in [3.63, 3.8) is 0 Å². The average Bonchev–Trinajstić information content (AvgIpc) is 2.41. The molecule has 1 aliphatic rings. The van der Waals surface area contributed by atoms with Crippen LogP contribution in [0.25, 0.3) is 10.9 Å². The summed E-state index contributed by atoms with van der Waals surface area (Å²) in [6.07, 6.45) is 1.79. The Labute approximate surface area is 116 Å². The second kappa shape index (κ2) is 5.30. The number of nitrogens with one attached hydrogen (secondary N) is 1. The van der Waals surface area contributed by atoms with Crippen LogP contribution in [-0.2, 0) is 0 Å². The summed E-state index contributed by atoms with van der Waals surface area (Å²) in [5.41, 5.74) is 5.38. The number of benzene rings is 1. The van der Waals surface area contributed by atoms with E-state index in [4.69, 9.17) is 17.4 Å². The summed E-state index contributed by atoms with van der Waals surface area (Å²) in [6.45, 7) is 3.52. The van der Waals surface area contributed by atoms with Crippen LogP contribution in [0.3, 0.4) is 0 Å². The Hall–Kier alpha value is -1.40. The molecule has 3 rings (SSSR count). The second-order valence-corrected chi connectivity index (χ2v) is 5.09. The van der Waals surface area contributed by atoms with Crippen LogP contribution >= 0.6 is 11.6 Å². The molecule has 2 heterocycles. The van der Waals surface area contributed by atoms with Crippen molar-refractivity contribution in [2.75, 3.05) is 31.6 Å². The summed E-state index contributed by atoms with van der Waals surface area (Å²) in [6, 6.07) is 7.73. The van der Waals surface area contributed by atoms with Gasteiger partial charge >= 0.3 is 0 Å². The summed E-state index contributed by atoms with van der Waals surface area (Å²) in [5, 5.41) is 5.78. The molecular weight excluding hydrogens is 262 g/mol. The highest BCUT2D eigenvalue weighted by Gasteiger charge is 2.14. The summed E-state index contributed by atoms with van der Waals surface area (Å²) in [4.78, 5) is 4.34. The van der Waals surface area contributed by atoms with Gasteiger partial charge in [0.2, 0.25) is 0 Å². The van der Waals surface area contributed by atoms with Crippen LogP contribution in [0.4, 0.5) is 5.69 Å². The summed E-state index contributed by atoms with van der Waals surface area (Å²) >= 11 is 5.99. The maximum absolute atomic E-state index is 5.99. The lowest BCUT2D eigenvalue weighted by atomic mass is 10.2. The van der Waals surface area contributed by atoms with Crippen LogP contribution in [0.5, 0.6) is 0 Å². The zero-order chi connectivity index (χ0) is 13.2. The van der Waals surface area contributed by atoms with Gasteiger partial charge in [0.1, 0.15) is 0 Å². The number of pyridine rings is 1. The molecule has 2 aromatic rings. The van der Waals surface area contributed by atoms with Crippen LogP contribution in [0.1, 0.15) is 0 Å². The summed E-state index contributed by atoms with van der Waals surface area (Å²) in [7, 11) is 0.